The van der Waals surface area contributed by atoms with Crippen LogP contribution in [0.25, 0.3) is 11.3 Å². The number of nitrogens with one attached hydrogen (secondary N) is 1. The van der Waals surface area contributed by atoms with Crippen LogP contribution in [-0.4, -0.2) is 13.4 Å². The highest BCUT2D eigenvalue weighted by Gasteiger charge is 2.17. The Bertz CT molecular complexity index is 1480. The second kappa shape index (κ2) is 9.22. The van der Waals surface area contributed by atoms with Gasteiger partial charge in [-0.25, -0.2) is 22.2 Å². The molecule has 0 aliphatic heterocycles. The Labute approximate surface area is 196 Å². The van der Waals surface area contributed by atoms with E-state index < -0.39 is 21.7 Å². The fourth-order valence-electron chi connectivity index (χ4n) is 2.83. The molecule has 0 aliphatic carbocycles. The number of nitrogens with two attached hydrogens (primary N) is 1. The van der Waals surface area contributed by atoms with Crippen molar-refractivity contribution >= 4 is 54.5 Å². The van der Waals surface area contributed by atoms with Crippen molar-refractivity contribution in [3.63, 3.8) is 0 Å². The molecular weight excluding hydrogens is 492 g/mol. The minimum atomic E-state index is -3.92. The van der Waals surface area contributed by atoms with Crippen LogP contribution in [0.1, 0.15) is 0 Å². The number of halogens is 3. The average molecular weight is 506 g/mol. The van der Waals surface area contributed by atoms with Gasteiger partial charge in [-0.15, -0.1) is 10.2 Å². The van der Waals surface area contributed by atoms with Crippen molar-refractivity contribution in [2.75, 3.05) is 10.5 Å². The second-order valence-corrected chi connectivity index (χ2v) is 9.77. The number of thiazole rings is 1. The molecule has 3 N–H and O–H groups in total. The van der Waals surface area contributed by atoms with E-state index in [2.05, 4.69) is 19.9 Å². The van der Waals surface area contributed by atoms with Crippen LogP contribution in [0, 0.1) is 11.6 Å². The number of benzene rings is 3. The van der Waals surface area contributed by atoms with Gasteiger partial charge < -0.3 is 5.73 Å². The van der Waals surface area contributed by atoms with Crippen LogP contribution in [0.15, 0.2) is 81.9 Å². The smallest absolute Gasteiger partial charge is 0.261 e. The Kier molecular flexibility index (Phi) is 6.36. The summed E-state index contributed by atoms with van der Waals surface area (Å²) in [5.41, 5.74) is 6.16. The zero-order chi connectivity index (χ0) is 23.6. The molecule has 0 atom stereocenters. The van der Waals surface area contributed by atoms with Gasteiger partial charge in [-0.3, -0.25) is 4.72 Å². The lowest BCUT2D eigenvalue weighted by Crippen LogP contribution is -2.12. The summed E-state index contributed by atoms with van der Waals surface area (Å²) >= 11 is 6.83. The highest BCUT2D eigenvalue weighted by Crippen LogP contribution is 2.39. The van der Waals surface area contributed by atoms with Gasteiger partial charge in [-0.2, -0.15) is 0 Å². The number of hydrogen-bond donors (Lipinski definition) is 2. The lowest BCUT2D eigenvalue weighted by molar-refractivity contribution is 0.601. The van der Waals surface area contributed by atoms with Gasteiger partial charge in [0.15, 0.2) is 10.1 Å². The van der Waals surface area contributed by atoms with Crippen molar-refractivity contribution in [2.45, 2.75) is 4.90 Å². The molecule has 3 aromatic carbocycles. The first kappa shape index (κ1) is 22.8. The fourth-order valence-corrected chi connectivity index (χ4v) is 4.78. The molecule has 168 valence electrons. The molecule has 0 fully saturated rings. The van der Waals surface area contributed by atoms with Crippen LogP contribution < -0.4 is 10.5 Å². The van der Waals surface area contributed by atoms with Crippen molar-refractivity contribution in [3.05, 3.63) is 83.4 Å². The van der Waals surface area contributed by atoms with Crippen molar-refractivity contribution in [1.29, 1.82) is 0 Å². The molecule has 0 spiro atoms. The monoisotopic (exact) mass is 505 g/mol. The van der Waals surface area contributed by atoms with E-state index in [0.29, 0.717) is 10.7 Å². The number of nitrogen functional groups attached to an aromatic ring is 1. The van der Waals surface area contributed by atoms with Crippen LogP contribution in [0.5, 0.6) is 0 Å². The number of hydrogen-bond acceptors (Lipinski definition) is 7. The molecular formula is C21H14ClF2N5O2S2. The molecule has 0 radical (unpaired) electrons. The molecule has 4 rings (SSSR count). The molecule has 0 unspecified atom stereocenters. The van der Waals surface area contributed by atoms with Crippen molar-refractivity contribution in [1.82, 2.24) is 4.98 Å². The summed E-state index contributed by atoms with van der Waals surface area (Å²) in [5, 5.41) is 8.69. The Balaban J connectivity index is 1.63. The number of azo groups is 1. The first-order valence-electron chi connectivity index (χ1n) is 9.23. The molecule has 0 bridgehead atoms. The topological polar surface area (TPSA) is 110 Å². The average Bonchev–Trinajstić information content (AvgIpc) is 3.14. The summed E-state index contributed by atoms with van der Waals surface area (Å²) in [5.74, 6) is -1.34. The SMILES string of the molecule is Nc1nc(-c2cc(F)ccc2F)c(N=Nc2cccc(S(=O)(=O)Nc3cccc(Cl)c3)c2)s1. The van der Waals surface area contributed by atoms with E-state index in [9.17, 15) is 17.2 Å². The number of sulfonamides is 1. The number of aromatic nitrogens is 1. The summed E-state index contributed by atoms with van der Waals surface area (Å²) in [6.45, 7) is 0. The van der Waals surface area contributed by atoms with E-state index >= 15 is 0 Å². The Morgan fingerprint density at radius 2 is 1.79 bits per heavy atom. The van der Waals surface area contributed by atoms with E-state index in [1.54, 1.807) is 18.2 Å². The summed E-state index contributed by atoms with van der Waals surface area (Å²) in [6, 6.07) is 15.0. The van der Waals surface area contributed by atoms with Crippen LogP contribution in [0.4, 0.5) is 30.3 Å². The predicted octanol–water partition coefficient (Wildman–Crippen LogP) is 6.54. The molecule has 0 saturated carbocycles. The largest absolute Gasteiger partial charge is 0.375 e. The third kappa shape index (κ3) is 5.33. The van der Waals surface area contributed by atoms with Crippen LogP contribution >= 0.6 is 22.9 Å². The van der Waals surface area contributed by atoms with Gasteiger partial charge in [0.05, 0.1) is 16.3 Å². The van der Waals surface area contributed by atoms with Gasteiger partial charge in [-0.1, -0.05) is 35.1 Å². The first-order valence-corrected chi connectivity index (χ1v) is 11.9. The minimum Gasteiger partial charge on any atom is -0.375 e. The maximum Gasteiger partial charge on any atom is 0.261 e. The number of anilines is 2. The quantitative estimate of drug-likeness (QED) is 0.290. The van der Waals surface area contributed by atoms with E-state index in [0.717, 1.165) is 29.5 Å². The highest BCUT2D eigenvalue weighted by molar-refractivity contribution is 7.92. The molecule has 1 heterocycles. The summed E-state index contributed by atoms with van der Waals surface area (Å²) in [4.78, 5) is 3.97. The normalized spacial score (nSPS) is 11.7. The molecule has 0 amide bonds. The molecule has 12 heteroatoms. The third-order valence-electron chi connectivity index (χ3n) is 4.27. The second-order valence-electron chi connectivity index (χ2n) is 6.64. The van der Waals surface area contributed by atoms with Gasteiger partial charge in [0.1, 0.15) is 17.3 Å². The maximum absolute atomic E-state index is 14.2. The van der Waals surface area contributed by atoms with E-state index in [1.807, 2.05) is 0 Å². The van der Waals surface area contributed by atoms with Gasteiger partial charge in [0.25, 0.3) is 10.0 Å². The first-order chi connectivity index (χ1) is 15.7. The fraction of sp³-hybridized carbons (Fsp3) is 0. The molecule has 0 aliphatic rings. The lowest BCUT2D eigenvalue weighted by atomic mass is 10.1. The number of nitrogens with zero attached hydrogens (tertiary/aromatic N) is 3. The molecule has 1 aromatic heterocycles. The van der Waals surface area contributed by atoms with Crippen molar-refractivity contribution in [3.8, 4) is 11.3 Å². The summed E-state index contributed by atoms with van der Waals surface area (Å²) < 4.78 is 55.7. The predicted molar refractivity (Wildman–Crippen MR) is 125 cm³/mol. The van der Waals surface area contributed by atoms with Crippen LogP contribution in [-0.2, 0) is 10.0 Å². The lowest BCUT2D eigenvalue weighted by Gasteiger charge is -2.08. The van der Waals surface area contributed by atoms with Crippen molar-refractivity contribution in [2.24, 2.45) is 10.2 Å². The third-order valence-corrected chi connectivity index (χ3v) is 6.65. The zero-order valence-corrected chi connectivity index (χ0v) is 18.9. The van der Waals surface area contributed by atoms with Crippen LogP contribution in [0.2, 0.25) is 5.02 Å². The molecule has 0 saturated heterocycles. The zero-order valence-electron chi connectivity index (χ0n) is 16.5. The number of rotatable bonds is 6. The van der Waals surface area contributed by atoms with Crippen molar-refractivity contribution < 1.29 is 17.2 Å². The molecule has 4 aromatic rings. The van der Waals surface area contributed by atoms with Gasteiger partial charge in [0.2, 0.25) is 0 Å². The molecule has 7 nitrogen and oxygen atoms in total. The standard InChI is InChI=1S/C21H14ClF2N5O2S2/c22-12-3-1-5-15(9-12)29-33(30,31)16-6-2-4-14(11-16)27-28-20-19(26-21(25)32-20)17-10-13(23)7-8-18(17)24/h1-11,29H,(H2,25,26). The Morgan fingerprint density at radius 1 is 1.00 bits per heavy atom. The van der Waals surface area contributed by atoms with E-state index in [4.69, 9.17) is 17.3 Å². The maximum atomic E-state index is 14.2. The van der Waals surface area contributed by atoms with E-state index in [1.165, 1.54) is 30.3 Å². The van der Waals surface area contributed by atoms with Gasteiger partial charge in [0, 0.05) is 10.6 Å². The summed E-state index contributed by atoms with van der Waals surface area (Å²) in [7, 11) is -3.92. The van der Waals surface area contributed by atoms with Gasteiger partial charge >= 0.3 is 0 Å². The minimum absolute atomic E-state index is 0.0321. The highest BCUT2D eigenvalue weighted by atomic mass is 35.5. The Hall–Kier alpha value is -3.41. The Morgan fingerprint density at radius 3 is 2.58 bits per heavy atom. The van der Waals surface area contributed by atoms with E-state index in [-0.39, 0.29) is 32.0 Å². The van der Waals surface area contributed by atoms with Gasteiger partial charge in [-0.05, 0) is 54.6 Å². The van der Waals surface area contributed by atoms with Crippen LogP contribution in [0.3, 0.4) is 0 Å². The molecule has 33 heavy (non-hydrogen) atoms. The summed E-state index contributed by atoms with van der Waals surface area (Å²) in [6.07, 6.45) is 0.